The van der Waals surface area contributed by atoms with E-state index >= 15 is 0 Å². The highest BCUT2D eigenvalue weighted by Crippen LogP contribution is 2.30. The summed E-state index contributed by atoms with van der Waals surface area (Å²) in [7, 11) is 0. The molecule has 6 radical (unpaired) electrons. The van der Waals surface area contributed by atoms with E-state index < -0.39 is 0 Å². The van der Waals surface area contributed by atoms with Crippen LogP contribution in [0.1, 0.15) is 83.4 Å². The number of benzene rings is 1. The highest BCUT2D eigenvalue weighted by atomic mass is 16.1. The Morgan fingerprint density at radius 2 is 1.17 bits per heavy atom. The molecule has 0 unspecified atom stereocenters. The van der Waals surface area contributed by atoms with Crippen LogP contribution in [0.5, 0.6) is 0 Å². The Hall–Kier alpha value is -1.31. The van der Waals surface area contributed by atoms with Crippen LogP contribution in [-0.2, 0) is 22.4 Å². The molecule has 1 saturated carbocycles. The Kier molecular flexibility index (Phi) is 17.5. The topological polar surface area (TPSA) is 34.1 Å². The lowest BCUT2D eigenvalue weighted by Gasteiger charge is -2.21. The monoisotopic (exact) mass is 326 g/mol. The molecule has 4 heteroatoms. The number of ketones is 2. The fourth-order valence-electron chi connectivity index (χ4n) is 2.66. The molecule has 1 fully saturated rings. The first kappa shape index (κ1) is 27.5. The van der Waals surface area contributed by atoms with Crippen molar-refractivity contribution >= 4 is 28.4 Å². The molecule has 1 aromatic carbocycles. The number of rotatable bonds is 3. The average Bonchev–Trinajstić information content (AvgIpc) is 2.57. The third kappa shape index (κ3) is 8.52. The quantitative estimate of drug-likeness (QED) is 0.605. The van der Waals surface area contributed by atoms with Gasteiger partial charge in [0.15, 0.2) is 0 Å². The second-order valence-electron chi connectivity index (χ2n) is 5.15. The maximum absolute atomic E-state index is 11.5. The zero-order chi connectivity index (χ0) is 17.1. The summed E-state index contributed by atoms with van der Waals surface area (Å²) in [5.74, 6) is 0.294. The number of carbonyl (C=O) groups is 2. The third-order valence-electron chi connectivity index (χ3n) is 3.71. The molecule has 0 aliphatic heterocycles. The first-order valence-electron chi connectivity index (χ1n) is 8.78. The van der Waals surface area contributed by atoms with E-state index in [1.807, 2.05) is 27.7 Å². The Bertz CT molecular complexity index is 446. The summed E-state index contributed by atoms with van der Waals surface area (Å²) >= 11 is 0. The summed E-state index contributed by atoms with van der Waals surface area (Å²) in [6.07, 6.45) is 3.19. The number of hydrogen-bond acceptors (Lipinski definition) is 2. The van der Waals surface area contributed by atoms with Gasteiger partial charge < -0.3 is 0 Å². The van der Waals surface area contributed by atoms with E-state index in [2.05, 4.69) is 32.0 Å². The number of Topliss-reactive ketones (excluding diaryl/α,β-unsaturated/α-hetero) is 2. The molecule has 0 N–H and O–H groups in total. The average molecular weight is 326 g/mol. The Morgan fingerprint density at radius 1 is 0.792 bits per heavy atom. The van der Waals surface area contributed by atoms with Crippen LogP contribution in [0.3, 0.4) is 0 Å². The maximum Gasteiger partial charge on any atom is 0.140 e. The fourth-order valence-corrected chi connectivity index (χ4v) is 2.66. The molecule has 0 spiro atoms. The molecule has 2 rings (SSSR count). The summed E-state index contributed by atoms with van der Waals surface area (Å²) in [4.78, 5) is 23.1. The SMILES string of the molecule is CC.CC.CCc1cc(CC)cc(C2CC(=O)CC(=O)C2)c1.[B].[B]. The van der Waals surface area contributed by atoms with Gasteiger partial charge in [-0.1, -0.05) is 59.7 Å². The van der Waals surface area contributed by atoms with Gasteiger partial charge in [0.1, 0.15) is 11.6 Å². The van der Waals surface area contributed by atoms with E-state index in [0.29, 0.717) is 12.8 Å². The van der Waals surface area contributed by atoms with E-state index in [4.69, 9.17) is 0 Å². The molecule has 2 nitrogen and oxygen atoms in total. The fraction of sp³-hybridized carbons (Fsp3) is 0.600. The highest BCUT2D eigenvalue weighted by molar-refractivity contribution is 6.02. The van der Waals surface area contributed by atoms with Crippen LogP contribution in [-0.4, -0.2) is 28.4 Å². The van der Waals surface area contributed by atoms with Crippen molar-refractivity contribution in [3.05, 3.63) is 34.9 Å². The van der Waals surface area contributed by atoms with Crippen molar-refractivity contribution in [2.45, 2.75) is 79.6 Å². The van der Waals surface area contributed by atoms with Crippen molar-refractivity contribution in [1.82, 2.24) is 0 Å². The summed E-state index contributed by atoms with van der Waals surface area (Å²) in [5.41, 5.74) is 3.78. The molecule has 1 aliphatic carbocycles. The number of carbonyl (C=O) groups excluding carboxylic acids is 2. The van der Waals surface area contributed by atoms with E-state index in [1.54, 1.807) is 0 Å². The molecule has 1 aromatic rings. The predicted octanol–water partition coefficient (Wildman–Crippen LogP) is 4.51. The van der Waals surface area contributed by atoms with Crippen molar-refractivity contribution in [2.75, 3.05) is 0 Å². The van der Waals surface area contributed by atoms with Gasteiger partial charge in [0, 0.05) is 29.7 Å². The lowest BCUT2D eigenvalue weighted by molar-refractivity contribution is -0.130. The molecule has 0 aromatic heterocycles. The minimum atomic E-state index is 0. The summed E-state index contributed by atoms with van der Waals surface area (Å²) in [6.45, 7) is 12.3. The molecule has 0 bridgehead atoms. The van der Waals surface area contributed by atoms with E-state index in [0.717, 1.165) is 12.8 Å². The van der Waals surface area contributed by atoms with Gasteiger partial charge in [-0.05, 0) is 35.4 Å². The van der Waals surface area contributed by atoms with Gasteiger partial charge in [-0.15, -0.1) is 0 Å². The lowest BCUT2D eigenvalue weighted by atomic mass is 9.81. The Labute approximate surface area is 153 Å². The van der Waals surface area contributed by atoms with Gasteiger partial charge in [0.05, 0.1) is 6.42 Å². The standard InChI is InChI=1S/C16H20O2.2C2H6.2B/c1-3-11-5-12(4-2)7-13(6-11)14-8-15(17)10-16(18)9-14;2*1-2;;/h5-7,14H,3-4,8-10H2,1-2H3;2*1-2H3;;. The van der Waals surface area contributed by atoms with Crippen LogP contribution < -0.4 is 0 Å². The zero-order valence-electron chi connectivity index (χ0n) is 16.3. The van der Waals surface area contributed by atoms with Crippen molar-refractivity contribution in [3.8, 4) is 0 Å². The minimum Gasteiger partial charge on any atom is -0.299 e. The van der Waals surface area contributed by atoms with Crippen LogP contribution in [0.2, 0.25) is 0 Å². The highest BCUT2D eigenvalue weighted by Gasteiger charge is 2.26. The molecule has 1 aliphatic rings. The van der Waals surface area contributed by atoms with Crippen molar-refractivity contribution in [3.63, 3.8) is 0 Å². The van der Waals surface area contributed by atoms with Crippen molar-refractivity contribution < 1.29 is 9.59 Å². The normalized spacial score (nSPS) is 13.4. The summed E-state index contributed by atoms with van der Waals surface area (Å²) < 4.78 is 0. The second kappa shape index (κ2) is 15.2. The first-order chi connectivity index (χ1) is 10.6. The molecule has 24 heavy (non-hydrogen) atoms. The first-order valence-corrected chi connectivity index (χ1v) is 8.78. The Balaban J connectivity index is -0.000000684. The molecule has 0 atom stereocenters. The van der Waals surface area contributed by atoms with Gasteiger partial charge in [0.25, 0.3) is 0 Å². The van der Waals surface area contributed by atoms with Crippen LogP contribution in [0.4, 0.5) is 0 Å². The molecule has 0 saturated heterocycles. The van der Waals surface area contributed by atoms with Crippen LogP contribution in [0, 0.1) is 0 Å². The second-order valence-corrected chi connectivity index (χ2v) is 5.15. The van der Waals surface area contributed by atoms with Crippen molar-refractivity contribution in [2.24, 2.45) is 0 Å². The maximum atomic E-state index is 11.5. The number of aryl methyl sites for hydroxylation is 2. The largest absolute Gasteiger partial charge is 0.299 e. The number of hydrogen-bond donors (Lipinski definition) is 0. The molecule has 0 heterocycles. The minimum absolute atomic E-state index is 0. The van der Waals surface area contributed by atoms with Crippen LogP contribution in [0.15, 0.2) is 18.2 Å². The zero-order valence-corrected chi connectivity index (χ0v) is 16.3. The summed E-state index contributed by atoms with van der Waals surface area (Å²) in [5, 5.41) is 0. The molecular weight excluding hydrogens is 294 g/mol. The molecular formula is C20H32B2O2. The lowest BCUT2D eigenvalue weighted by Crippen LogP contribution is -2.21. The van der Waals surface area contributed by atoms with Gasteiger partial charge in [-0.2, -0.15) is 0 Å². The van der Waals surface area contributed by atoms with E-state index in [9.17, 15) is 9.59 Å². The van der Waals surface area contributed by atoms with Crippen LogP contribution in [0.25, 0.3) is 0 Å². The predicted molar refractivity (Wildman–Crippen MR) is 106 cm³/mol. The summed E-state index contributed by atoms with van der Waals surface area (Å²) in [6, 6.07) is 6.54. The van der Waals surface area contributed by atoms with Gasteiger partial charge >= 0.3 is 0 Å². The smallest absolute Gasteiger partial charge is 0.140 e. The van der Waals surface area contributed by atoms with Crippen LogP contribution >= 0.6 is 0 Å². The van der Waals surface area contributed by atoms with Gasteiger partial charge in [0.2, 0.25) is 0 Å². The Morgan fingerprint density at radius 3 is 1.50 bits per heavy atom. The van der Waals surface area contributed by atoms with Crippen molar-refractivity contribution in [1.29, 1.82) is 0 Å². The third-order valence-corrected chi connectivity index (χ3v) is 3.71. The van der Waals surface area contributed by atoms with Gasteiger partial charge in [-0.25, -0.2) is 0 Å². The van der Waals surface area contributed by atoms with E-state index in [-0.39, 0.29) is 40.7 Å². The molecule has 130 valence electrons. The molecule has 0 amide bonds. The van der Waals surface area contributed by atoms with E-state index in [1.165, 1.54) is 16.7 Å². The van der Waals surface area contributed by atoms with Gasteiger partial charge in [-0.3, -0.25) is 9.59 Å².